The lowest BCUT2D eigenvalue weighted by molar-refractivity contribution is 0.0267. The summed E-state index contributed by atoms with van der Waals surface area (Å²) < 4.78 is 7.30. The molecule has 2 N–H and O–H groups in total. The van der Waals surface area contributed by atoms with Gasteiger partial charge in [0.2, 0.25) is 0 Å². The van der Waals surface area contributed by atoms with Gasteiger partial charge in [0, 0.05) is 44.3 Å². The van der Waals surface area contributed by atoms with Crippen molar-refractivity contribution in [2.24, 2.45) is 0 Å². The lowest BCUT2D eigenvalue weighted by Gasteiger charge is -2.38. The zero-order valence-electron chi connectivity index (χ0n) is 12.7. The van der Waals surface area contributed by atoms with E-state index in [4.69, 9.17) is 4.74 Å². The fraction of sp³-hybridized carbons (Fsp3) is 0.471. The Kier molecular flexibility index (Phi) is 4.87. The van der Waals surface area contributed by atoms with E-state index in [0.29, 0.717) is 0 Å². The van der Waals surface area contributed by atoms with Crippen LogP contribution in [0.2, 0.25) is 0 Å². The second-order valence-electron chi connectivity index (χ2n) is 5.84. The predicted octanol–water partition coefficient (Wildman–Crippen LogP) is 1.89. The van der Waals surface area contributed by atoms with Crippen molar-refractivity contribution in [1.29, 1.82) is 0 Å². The number of nitrogens with one attached hydrogen (secondary N) is 1. The maximum Gasteiger partial charge on any atom is 0.0645 e. The smallest absolute Gasteiger partial charge is 0.0645 e. The molecular weight excluding hydrogens is 278 g/mol. The first-order valence-corrected chi connectivity index (χ1v) is 7.84. The molecule has 0 bridgehead atoms. The first-order chi connectivity index (χ1) is 10.8. The molecule has 22 heavy (non-hydrogen) atoms. The van der Waals surface area contributed by atoms with Crippen LogP contribution in [-0.4, -0.2) is 40.2 Å². The minimum atomic E-state index is 0.00759. The van der Waals surface area contributed by atoms with Gasteiger partial charge < -0.3 is 15.2 Å². The largest absolute Gasteiger partial charge is 0.396 e. The molecule has 1 aliphatic heterocycles. The van der Waals surface area contributed by atoms with Crippen molar-refractivity contribution in [3.63, 3.8) is 0 Å². The lowest BCUT2D eigenvalue weighted by Crippen LogP contribution is -2.49. The first-order valence-electron chi connectivity index (χ1n) is 7.84. The number of hydrogen-bond donors (Lipinski definition) is 2. The molecule has 2 heterocycles. The van der Waals surface area contributed by atoms with Gasteiger partial charge in [0.15, 0.2) is 0 Å². The molecule has 0 aliphatic carbocycles. The fourth-order valence-corrected chi connectivity index (χ4v) is 2.97. The van der Waals surface area contributed by atoms with Gasteiger partial charge in [-0.15, -0.1) is 0 Å². The van der Waals surface area contributed by atoms with Gasteiger partial charge in [-0.05, 0) is 43.0 Å². The summed E-state index contributed by atoms with van der Waals surface area (Å²) in [5.41, 5.74) is 2.30. The zero-order chi connectivity index (χ0) is 15.3. The normalized spacial score (nSPS) is 17.5. The molecule has 1 aliphatic rings. The Morgan fingerprint density at radius 2 is 2.00 bits per heavy atom. The molecule has 5 nitrogen and oxygen atoms in total. The zero-order valence-corrected chi connectivity index (χ0v) is 12.7. The topological polar surface area (TPSA) is 59.3 Å². The Balaban J connectivity index is 1.62. The molecule has 1 aromatic heterocycles. The van der Waals surface area contributed by atoms with Crippen molar-refractivity contribution in [1.82, 2.24) is 15.1 Å². The lowest BCUT2D eigenvalue weighted by atomic mass is 9.86. The monoisotopic (exact) mass is 301 g/mol. The van der Waals surface area contributed by atoms with Crippen LogP contribution in [0.1, 0.15) is 24.8 Å². The number of nitrogens with zero attached hydrogens (tertiary/aromatic N) is 2. The number of rotatable bonds is 6. The van der Waals surface area contributed by atoms with Gasteiger partial charge in [0.1, 0.15) is 0 Å². The number of ether oxygens (including phenoxy) is 1. The van der Waals surface area contributed by atoms with Gasteiger partial charge in [-0.1, -0.05) is 12.1 Å². The highest BCUT2D eigenvalue weighted by molar-refractivity contribution is 5.33. The Morgan fingerprint density at radius 1 is 1.23 bits per heavy atom. The van der Waals surface area contributed by atoms with Crippen LogP contribution in [0.15, 0.2) is 42.7 Å². The Morgan fingerprint density at radius 3 is 2.64 bits per heavy atom. The van der Waals surface area contributed by atoms with Crippen LogP contribution >= 0.6 is 0 Å². The summed E-state index contributed by atoms with van der Waals surface area (Å²) in [7, 11) is 0. The quantitative estimate of drug-likeness (QED) is 0.855. The van der Waals surface area contributed by atoms with Crippen molar-refractivity contribution in [2.45, 2.75) is 31.3 Å². The van der Waals surface area contributed by atoms with E-state index in [-0.39, 0.29) is 12.1 Å². The summed E-state index contributed by atoms with van der Waals surface area (Å²) in [6.45, 7) is 2.56. The predicted molar refractivity (Wildman–Crippen MR) is 84.9 cm³/mol. The van der Waals surface area contributed by atoms with E-state index in [9.17, 15) is 5.11 Å². The number of aliphatic hydroxyl groups excluding tert-OH is 1. The molecule has 2 aromatic rings. The van der Waals surface area contributed by atoms with Gasteiger partial charge in [-0.3, -0.25) is 0 Å². The second-order valence-corrected chi connectivity index (χ2v) is 5.84. The molecule has 0 saturated carbocycles. The maximum atomic E-state index is 9.33. The molecule has 0 spiro atoms. The van der Waals surface area contributed by atoms with Crippen LogP contribution < -0.4 is 5.32 Å². The van der Waals surface area contributed by atoms with E-state index in [2.05, 4.69) is 34.7 Å². The number of aliphatic hydroxyl groups is 1. The molecule has 5 heteroatoms. The molecule has 0 radical (unpaired) electrons. The highest BCUT2D eigenvalue weighted by atomic mass is 16.5. The van der Waals surface area contributed by atoms with E-state index in [1.165, 1.54) is 5.56 Å². The standard InChI is InChI=1S/C17H23N3O2/c21-11-6-17(7-12-22-13-8-17)18-14-15-2-4-16(5-3-15)20-10-1-9-19-20/h1-5,9-10,18,21H,6-8,11-14H2. The van der Waals surface area contributed by atoms with Crippen LogP contribution in [0, 0.1) is 0 Å². The van der Waals surface area contributed by atoms with E-state index >= 15 is 0 Å². The minimum Gasteiger partial charge on any atom is -0.396 e. The van der Waals surface area contributed by atoms with Crippen LogP contribution in [0.3, 0.4) is 0 Å². The molecule has 1 saturated heterocycles. The van der Waals surface area contributed by atoms with E-state index < -0.39 is 0 Å². The van der Waals surface area contributed by atoms with Crippen molar-refractivity contribution < 1.29 is 9.84 Å². The SMILES string of the molecule is OCCC1(NCc2ccc(-n3cccn3)cc2)CCOCC1. The molecule has 118 valence electrons. The van der Waals surface area contributed by atoms with E-state index in [1.807, 2.05) is 16.9 Å². The summed E-state index contributed by atoms with van der Waals surface area (Å²) in [5.74, 6) is 0. The number of aromatic nitrogens is 2. The molecule has 0 atom stereocenters. The van der Waals surface area contributed by atoms with Crippen molar-refractivity contribution >= 4 is 0 Å². The van der Waals surface area contributed by atoms with Crippen molar-refractivity contribution in [3.05, 3.63) is 48.3 Å². The van der Waals surface area contributed by atoms with Gasteiger partial charge in [0.25, 0.3) is 0 Å². The summed E-state index contributed by atoms with van der Waals surface area (Å²) in [6, 6.07) is 10.3. The van der Waals surface area contributed by atoms with E-state index in [1.54, 1.807) is 6.20 Å². The summed E-state index contributed by atoms with van der Waals surface area (Å²) in [5, 5.41) is 17.2. The highest BCUT2D eigenvalue weighted by Crippen LogP contribution is 2.25. The van der Waals surface area contributed by atoms with Gasteiger partial charge >= 0.3 is 0 Å². The Labute approximate surface area is 130 Å². The van der Waals surface area contributed by atoms with Crippen molar-refractivity contribution in [3.8, 4) is 5.69 Å². The molecule has 0 amide bonds. The average molecular weight is 301 g/mol. The molecule has 1 fully saturated rings. The average Bonchev–Trinajstić information content (AvgIpc) is 3.09. The van der Waals surface area contributed by atoms with Crippen LogP contribution in [0.5, 0.6) is 0 Å². The first kappa shape index (κ1) is 15.2. The van der Waals surface area contributed by atoms with Gasteiger partial charge in [-0.2, -0.15) is 5.10 Å². The minimum absolute atomic E-state index is 0.00759. The third-order valence-electron chi connectivity index (χ3n) is 4.41. The van der Waals surface area contributed by atoms with Crippen LogP contribution in [0.25, 0.3) is 5.69 Å². The summed E-state index contributed by atoms with van der Waals surface area (Å²) in [6.07, 6.45) is 6.41. The summed E-state index contributed by atoms with van der Waals surface area (Å²) >= 11 is 0. The fourth-order valence-electron chi connectivity index (χ4n) is 2.97. The van der Waals surface area contributed by atoms with Crippen LogP contribution in [0.4, 0.5) is 0 Å². The Hall–Kier alpha value is -1.69. The van der Waals surface area contributed by atoms with Crippen LogP contribution in [-0.2, 0) is 11.3 Å². The Bertz CT molecular complexity index is 555. The highest BCUT2D eigenvalue weighted by Gasteiger charge is 2.31. The van der Waals surface area contributed by atoms with E-state index in [0.717, 1.165) is 44.7 Å². The van der Waals surface area contributed by atoms with Crippen molar-refractivity contribution in [2.75, 3.05) is 19.8 Å². The number of benzene rings is 1. The molecular formula is C17H23N3O2. The molecule has 1 aromatic carbocycles. The molecule has 3 rings (SSSR count). The second kappa shape index (κ2) is 7.05. The number of hydrogen-bond acceptors (Lipinski definition) is 4. The van der Waals surface area contributed by atoms with Gasteiger partial charge in [0.05, 0.1) is 5.69 Å². The third kappa shape index (κ3) is 3.55. The maximum absolute atomic E-state index is 9.33. The molecule has 0 unspecified atom stereocenters. The summed E-state index contributed by atoms with van der Waals surface area (Å²) in [4.78, 5) is 0. The third-order valence-corrected chi connectivity index (χ3v) is 4.41. The van der Waals surface area contributed by atoms with Gasteiger partial charge in [-0.25, -0.2) is 4.68 Å².